The average Bonchev–Trinajstić information content (AvgIpc) is 3.20. The van der Waals surface area contributed by atoms with Crippen molar-refractivity contribution in [3.8, 4) is 0 Å². The second-order valence-corrected chi connectivity index (χ2v) is 16.1. The number of aliphatic hydroxyl groups is 2. The SMILES string of the molecule is CC/C=C\C/C=C\C/C=C\C/C=C\CCC(=O)OC(CO)COP(=O)(O)OCC(CO)OC(=O)CCCCCCCCCCC/C=C\CCCCCCCCCC. The van der Waals surface area contributed by atoms with E-state index in [1.54, 1.807) is 0 Å². The van der Waals surface area contributed by atoms with Crippen LogP contribution in [0.3, 0.4) is 0 Å². The normalized spacial score (nSPS) is 14.4. The van der Waals surface area contributed by atoms with Crippen molar-refractivity contribution in [1.82, 2.24) is 0 Å². The van der Waals surface area contributed by atoms with Gasteiger partial charge in [0.25, 0.3) is 0 Å². The highest BCUT2D eigenvalue weighted by molar-refractivity contribution is 7.47. The molecule has 11 heteroatoms. The second-order valence-electron chi connectivity index (χ2n) is 14.6. The van der Waals surface area contributed by atoms with Crippen LogP contribution in [0.5, 0.6) is 0 Å². The van der Waals surface area contributed by atoms with Crippen LogP contribution in [0, 0.1) is 0 Å². The van der Waals surface area contributed by atoms with Gasteiger partial charge in [-0.2, -0.15) is 0 Å². The first-order chi connectivity index (χ1) is 27.8. The maximum Gasteiger partial charge on any atom is 0.472 e. The summed E-state index contributed by atoms with van der Waals surface area (Å²) in [5.41, 5.74) is 0. The summed E-state index contributed by atoms with van der Waals surface area (Å²) in [6.45, 7) is 2.00. The summed E-state index contributed by atoms with van der Waals surface area (Å²) in [7, 11) is -4.66. The van der Waals surface area contributed by atoms with Gasteiger partial charge in [0.15, 0.2) is 0 Å². The molecule has 0 amide bonds. The molecule has 57 heavy (non-hydrogen) atoms. The molecule has 0 radical (unpaired) electrons. The lowest BCUT2D eigenvalue weighted by molar-refractivity contribution is -0.153. The number of carbonyl (C=O) groups is 2. The number of unbranched alkanes of at least 4 members (excludes halogenated alkanes) is 17. The summed E-state index contributed by atoms with van der Waals surface area (Å²) in [5, 5.41) is 19.1. The molecule has 0 saturated heterocycles. The van der Waals surface area contributed by atoms with Crippen molar-refractivity contribution in [3.63, 3.8) is 0 Å². The van der Waals surface area contributed by atoms with E-state index in [1.807, 2.05) is 18.2 Å². The number of ether oxygens (including phenoxy) is 2. The zero-order valence-electron chi connectivity index (χ0n) is 35.8. The first-order valence-electron chi connectivity index (χ1n) is 22.2. The number of hydrogen-bond donors (Lipinski definition) is 3. The average molecular weight is 825 g/mol. The van der Waals surface area contributed by atoms with E-state index in [4.69, 9.17) is 18.5 Å². The van der Waals surface area contributed by atoms with Gasteiger partial charge in [0.2, 0.25) is 0 Å². The lowest BCUT2D eigenvalue weighted by Gasteiger charge is -2.20. The lowest BCUT2D eigenvalue weighted by atomic mass is 10.1. The van der Waals surface area contributed by atoms with Crippen LogP contribution in [0.1, 0.15) is 181 Å². The van der Waals surface area contributed by atoms with Crippen LogP contribution in [-0.4, -0.2) is 65.7 Å². The highest BCUT2D eigenvalue weighted by Gasteiger charge is 2.27. The van der Waals surface area contributed by atoms with E-state index < -0.39 is 58.4 Å². The lowest BCUT2D eigenvalue weighted by Crippen LogP contribution is -2.28. The van der Waals surface area contributed by atoms with Crippen LogP contribution in [0.15, 0.2) is 60.8 Å². The minimum atomic E-state index is -4.66. The molecule has 0 rings (SSSR count). The number of rotatable bonds is 41. The van der Waals surface area contributed by atoms with Gasteiger partial charge in [0, 0.05) is 12.8 Å². The van der Waals surface area contributed by atoms with E-state index in [-0.39, 0.29) is 12.8 Å². The van der Waals surface area contributed by atoms with Gasteiger partial charge in [-0.1, -0.05) is 164 Å². The fourth-order valence-corrected chi connectivity index (χ4v) is 6.61. The molecule has 10 nitrogen and oxygen atoms in total. The van der Waals surface area contributed by atoms with Gasteiger partial charge in [-0.15, -0.1) is 0 Å². The molecule has 0 saturated carbocycles. The fourth-order valence-electron chi connectivity index (χ4n) is 5.83. The van der Waals surface area contributed by atoms with Gasteiger partial charge in [0.05, 0.1) is 26.4 Å². The van der Waals surface area contributed by atoms with Crippen LogP contribution >= 0.6 is 7.82 Å². The molecule has 0 aromatic rings. The van der Waals surface area contributed by atoms with Crippen LogP contribution in [0.4, 0.5) is 0 Å². The Morgan fingerprint density at radius 2 is 0.860 bits per heavy atom. The van der Waals surface area contributed by atoms with Crippen molar-refractivity contribution in [1.29, 1.82) is 0 Å². The maximum atomic E-state index is 12.4. The minimum absolute atomic E-state index is 0.0689. The van der Waals surface area contributed by atoms with Crippen LogP contribution < -0.4 is 0 Å². The van der Waals surface area contributed by atoms with Crippen LogP contribution in [-0.2, 0) is 32.7 Å². The molecule has 0 aromatic heterocycles. The van der Waals surface area contributed by atoms with Crippen LogP contribution in [0.25, 0.3) is 0 Å². The summed E-state index contributed by atoms with van der Waals surface area (Å²) >= 11 is 0. The Kier molecular flexibility index (Phi) is 40.1. The number of phosphoric acid groups is 1. The minimum Gasteiger partial charge on any atom is -0.457 e. The number of hydrogen-bond acceptors (Lipinski definition) is 9. The molecule has 0 aliphatic carbocycles. The number of phosphoric ester groups is 1. The van der Waals surface area contributed by atoms with Gasteiger partial charge < -0.3 is 24.6 Å². The van der Waals surface area contributed by atoms with Gasteiger partial charge >= 0.3 is 19.8 Å². The van der Waals surface area contributed by atoms with E-state index >= 15 is 0 Å². The summed E-state index contributed by atoms with van der Waals surface area (Å²) in [4.78, 5) is 34.5. The summed E-state index contributed by atoms with van der Waals surface area (Å²) in [5.74, 6) is -1.11. The first-order valence-corrected chi connectivity index (χ1v) is 23.7. The van der Waals surface area contributed by atoms with Crippen molar-refractivity contribution >= 4 is 19.8 Å². The fraction of sp³-hybridized carbons (Fsp3) is 0.739. The zero-order valence-corrected chi connectivity index (χ0v) is 36.7. The molecule has 0 aromatic carbocycles. The third-order valence-corrected chi connectivity index (χ3v) is 10.2. The molecular formula is C46H81O10P. The third kappa shape index (κ3) is 40.2. The Morgan fingerprint density at radius 1 is 0.491 bits per heavy atom. The van der Waals surface area contributed by atoms with Crippen molar-refractivity contribution in [2.24, 2.45) is 0 Å². The quantitative estimate of drug-likeness (QED) is 0.0235. The molecule has 3 atom stereocenters. The third-order valence-electron chi connectivity index (χ3n) is 9.23. The molecule has 0 aliphatic rings. The molecular weight excluding hydrogens is 743 g/mol. The number of esters is 2. The molecule has 0 aliphatic heterocycles. The Bertz CT molecular complexity index is 1130. The summed E-state index contributed by atoms with van der Waals surface area (Å²) in [6, 6.07) is 0. The van der Waals surface area contributed by atoms with Crippen LogP contribution in [0.2, 0.25) is 0 Å². The Hall–Kier alpha value is -2.33. The highest BCUT2D eigenvalue weighted by Crippen LogP contribution is 2.43. The Labute approximate surface area is 346 Å². The molecule has 0 fully saturated rings. The summed E-state index contributed by atoms with van der Waals surface area (Å²) < 4.78 is 32.5. The van der Waals surface area contributed by atoms with Crippen molar-refractivity contribution < 1.29 is 47.8 Å². The number of carbonyl (C=O) groups excluding carboxylic acids is 2. The highest BCUT2D eigenvalue weighted by atomic mass is 31.2. The molecule has 0 bridgehead atoms. The van der Waals surface area contributed by atoms with E-state index in [0.717, 1.165) is 44.9 Å². The van der Waals surface area contributed by atoms with E-state index in [2.05, 4.69) is 56.4 Å². The monoisotopic (exact) mass is 825 g/mol. The topological polar surface area (TPSA) is 149 Å². The van der Waals surface area contributed by atoms with E-state index in [9.17, 15) is 29.3 Å². The van der Waals surface area contributed by atoms with Crippen molar-refractivity contribution in [3.05, 3.63) is 60.8 Å². The molecule has 3 unspecified atom stereocenters. The maximum absolute atomic E-state index is 12.4. The molecule has 3 N–H and O–H groups in total. The van der Waals surface area contributed by atoms with Crippen molar-refractivity contribution in [2.45, 2.75) is 193 Å². The zero-order chi connectivity index (χ0) is 41.9. The number of aliphatic hydroxyl groups excluding tert-OH is 2. The largest absolute Gasteiger partial charge is 0.472 e. The molecule has 0 spiro atoms. The molecule has 0 heterocycles. The standard InChI is InChI=1S/C46H81O10P/c1-3-5-7-9-11-13-15-17-18-19-20-21-22-23-24-26-28-30-32-34-36-38-46(50)56-44(40-48)42-54-57(51,52)53-41-43(39-47)55-45(49)37-35-33-31-29-27-25-16-14-12-10-8-6-4-2/h6,8,12,14,19-20,25,27,31,33,43-44,47-48H,3-5,7,9-11,13,15-18,21-24,26,28-30,32,34-42H2,1-2H3,(H,51,52)/b8-6-,14-12-,20-19-,27-25-,33-31-. The van der Waals surface area contributed by atoms with Gasteiger partial charge in [-0.25, -0.2) is 4.57 Å². The Morgan fingerprint density at radius 3 is 1.30 bits per heavy atom. The molecule has 330 valence electrons. The first kappa shape index (κ1) is 54.7. The van der Waals surface area contributed by atoms with Gasteiger partial charge in [-0.05, 0) is 64.2 Å². The van der Waals surface area contributed by atoms with Gasteiger partial charge in [-0.3, -0.25) is 18.6 Å². The van der Waals surface area contributed by atoms with E-state index in [1.165, 1.54) is 96.3 Å². The van der Waals surface area contributed by atoms with E-state index in [0.29, 0.717) is 12.8 Å². The Balaban J connectivity index is 3.94. The smallest absolute Gasteiger partial charge is 0.457 e. The predicted octanol–water partition coefficient (Wildman–Crippen LogP) is 11.9. The second kappa shape index (κ2) is 41.8. The predicted molar refractivity (Wildman–Crippen MR) is 233 cm³/mol. The summed E-state index contributed by atoms with van der Waals surface area (Å²) in [6.07, 6.45) is 46.5. The number of allylic oxidation sites excluding steroid dienone is 10. The van der Waals surface area contributed by atoms with Gasteiger partial charge in [0.1, 0.15) is 12.2 Å². The van der Waals surface area contributed by atoms with Crippen molar-refractivity contribution in [2.75, 3.05) is 26.4 Å².